The van der Waals surface area contributed by atoms with E-state index < -0.39 is 0 Å². The number of nitrogens with zero attached hydrogens (tertiary/aromatic N) is 5. The number of hydrogen-bond donors (Lipinski definition) is 0. The van der Waals surface area contributed by atoms with E-state index >= 15 is 0 Å². The van der Waals surface area contributed by atoms with Crippen LogP contribution in [0.4, 0.5) is 11.5 Å². The Bertz CT molecular complexity index is 1200. The monoisotopic (exact) mass is 555 g/mol. The first-order valence-electron chi connectivity index (χ1n) is 12.8. The highest BCUT2D eigenvalue weighted by atomic mass is 35.5. The molecule has 3 heterocycles. The van der Waals surface area contributed by atoms with Gasteiger partial charge in [-0.05, 0) is 42.9 Å². The fourth-order valence-electron chi connectivity index (χ4n) is 5.05. The van der Waals surface area contributed by atoms with Gasteiger partial charge in [-0.2, -0.15) is 0 Å². The summed E-state index contributed by atoms with van der Waals surface area (Å²) in [6.45, 7) is 4.92. The summed E-state index contributed by atoms with van der Waals surface area (Å²) in [5, 5.41) is 1.71. The zero-order valence-electron chi connectivity index (χ0n) is 20.7. The fraction of sp³-hybridized carbons (Fsp3) is 0.393. The molecule has 9 heteroatoms. The number of rotatable bonds is 7. The van der Waals surface area contributed by atoms with Crippen molar-refractivity contribution < 1.29 is 4.79 Å². The SMILES string of the molecule is O=C(CSc1nc(Cl)cc(N2CCN(c3ccccc3Cl)CC2)n1)N1CCC(Cc2ccccc2)CC1. The third kappa shape index (κ3) is 6.89. The molecule has 3 aromatic rings. The zero-order chi connectivity index (χ0) is 25.6. The highest BCUT2D eigenvalue weighted by Gasteiger charge is 2.24. The van der Waals surface area contributed by atoms with Crippen LogP contribution in [0.1, 0.15) is 18.4 Å². The molecule has 0 bridgehead atoms. The number of benzene rings is 2. The molecule has 2 fully saturated rings. The summed E-state index contributed by atoms with van der Waals surface area (Å²) in [5.74, 6) is 1.90. The van der Waals surface area contributed by atoms with E-state index in [-0.39, 0.29) is 5.91 Å². The molecular weight excluding hydrogens is 525 g/mol. The van der Waals surface area contributed by atoms with Crippen molar-refractivity contribution in [2.75, 3.05) is 54.8 Å². The summed E-state index contributed by atoms with van der Waals surface area (Å²) in [6, 6.07) is 20.3. The highest BCUT2D eigenvalue weighted by molar-refractivity contribution is 7.99. The van der Waals surface area contributed by atoms with Gasteiger partial charge in [0.15, 0.2) is 5.16 Å². The van der Waals surface area contributed by atoms with E-state index in [2.05, 4.69) is 51.2 Å². The standard InChI is InChI=1S/C28H31Cl2N5OS/c29-23-8-4-5-9-24(23)33-14-16-34(17-15-33)26-19-25(30)31-28(32-26)37-20-27(36)35-12-10-22(11-13-35)18-21-6-2-1-3-7-21/h1-9,19,22H,10-18,20H2. The number of amides is 1. The van der Waals surface area contributed by atoms with Gasteiger partial charge < -0.3 is 14.7 Å². The molecule has 1 amide bonds. The topological polar surface area (TPSA) is 52.6 Å². The van der Waals surface area contributed by atoms with Crippen LogP contribution in [0, 0.1) is 5.92 Å². The number of piperidine rings is 1. The number of carbonyl (C=O) groups is 1. The van der Waals surface area contributed by atoms with Crippen molar-refractivity contribution >= 4 is 52.4 Å². The summed E-state index contributed by atoms with van der Waals surface area (Å²) in [6.07, 6.45) is 3.18. The Labute approximate surface area is 233 Å². The molecule has 194 valence electrons. The molecule has 0 aliphatic carbocycles. The third-order valence-corrected chi connectivity index (χ3v) is 8.46. The van der Waals surface area contributed by atoms with Crippen LogP contribution in [0.15, 0.2) is 65.8 Å². The van der Waals surface area contributed by atoms with Crippen LogP contribution in [-0.4, -0.2) is 65.8 Å². The molecule has 5 rings (SSSR count). The fourth-order valence-corrected chi connectivity index (χ4v) is 6.29. The molecular formula is C28H31Cl2N5OS. The number of aromatic nitrogens is 2. The number of para-hydroxylation sites is 1. The second-order valence-electron chi connectivity index (χ2n) is 9.56. The van der Waals surface area contributed by atoms with Crippen molar-refractivity contribution in [1.29, 1.82) is 0 Å². The summed E-state index contributed by atoms with van der Waals surface area (Å²) in [5.41, 5.74) is 2.44. The average Bonchev–Trinajstić information content (AvgIpc) is 2.93. The zero-order valence-corrected chi connectivity index (χ0v) is 23.1. The first kappa shape index (κ1) is 26.1. The van der Waals surface area contributed by atoms with Gasteiger partial charge in [-0.15, -0.1) is 0 Å². The van der Waals surface area contributed by atoms with Crippen molar-refractivity contribution in [3.8, 4) is 0 Å². The molecule has 1 aromatic heterocycles. The van der Waals surface area contributed by atoms with Gasteiger partial charge in [-0.3, -0.25) is 4.79 Å². The van der Waals surface area contributed by atoms with E-state index in [1.807, 2.05) is 23.1 Å². The summed E-state index contributed by atoms with van der Waals surface area (Å²) >= 11 is 14.1. The van der Waals surface area contributed by atoms with Crippen LogP contribution in [0.5, 0.6) is 0 Å². The van der Waals surface area contributed by atoms with E-state index in [1.54, 1.807) is 6.07 Å². The van der Waals surface area contributed by atoms with Gasteiger partial charge >= 0.3 is 0 Å². The number of thioether (sulfide) groups is 1. The summed E-state index contributed by atoms with van der Waals surface area (Å²) in [7, 11) is 0. The summed E-state index contributed by atoms with van der Waals surface area (Å²) < 4.78 is 0. The molecule has 0 unspecified atom stereocenters. The van der Waals surface area contributed by atoms with Gasteiger partial charge in [0.2, 0.25) is 5.91 Å². The molecule has 2 aliphatic heterocycles. The summed E-state index contributed by atoms with van der Waals surface area (Å²) in [4.78, 5) is 28.5. The predicted octanol–water partition coefficient (Wildman–Crippen LogP) is 5.68. The van der Waals surface area contributed by atoms with E-state index in [0.29, 0.717) is 22.0 Å². The number of halogens is 2. The maximum absolute atomic E-state index is 12.9. The lowest BCUT2D eigenvalue weighted by Crippen LogP contribution is -2.47. The Hall–Kier alpha value is -2.48. The van der Waals surface area contributed by atoms with Gasteiger partial charge in [-0.25, -0.2) is 9.97 Å². The van der Waals surface area contributed by atoms with Gasteiger partial charge in [0.1, 0.15) is 11.0 Å². The van der Waals surface area contributed by atoms with E-state index in [1.165, 1.54) is 17.3 Å². The second kappa shape index (κ2) is 12.4. The molecule has 0 atom stereocenters. The molecule has 2 aliphatic rings. The quantitative estimate of drug-likeness (QED) is 0.212. The van der Waals surface area contributed by atoms with Crippen molar-refractivity contribution in [3.63, 3.8) is 0 Å². The average molecular weight is 557 g/mol. The van der Waals surface area contributed by atoms with Crippen LogP contribution in [0.3, 0.4) is 0 Å². The molecule has 2 aromatic carbocycles. The van der Waals surface area contributed by atoms with E-state index in [0.717, 1.165) is 75.1 Å². The Morgan fingerprint density at radius 2 is 1.54 bits per heavy atom. The lowest BCUT2D eigenvalue weighted by atomic mass is 9.90. The number of carbonyl (C=O) groups excluding carboxylic acids is 1. The van der Waals surface area contributed by atoms with Crippen molar-refractivity contribution in [2.45, 2.75) is 24.4 Å². The third-order valence-electron chi connectivity index (χ3n) is 7.12. The van der Waals surface area contributed by atoms with Crippen LogP contribution >= 0.6 is 35.0 Å². The Morgan fingerprint density at radius 3 is 2.27 bits per heavy atom. The molecule has 0 radical (unpaired) electrons. The van der Waals surface area contributed by atoms with Crippen molar-refractivity contribution in [2.24, 2.45) is 5.92 Å². The largest absolute Gasteiger partial charge is 0.367 e. The number of piperazine rings is 1. The van der Waals surface area contributed by atoms with Gasteiger partial charge in [0.05, 0.1) is 16.5 Å². The Kier molecular flexibility index (Phi) is 8.74. The van der Waals surface area contributed by atoms with E-state index in [9.17, 15) is 4.79 Å². The van der Waals surface area contributed by atoms with Crippen LogP contribution in [-0.2, 0) is 11.2 Å². The lowest BCUT2D eigenvalue weighted by molar-refractivity contribution is -0.129. The maximum Gasteiger partial charge on any atom is 0.233 e. The molecule has 2 saturated heterocycles. The first-order valence-corrected chi connectivity index (χ1v) is 14.5. The minimum atomic E-state index is 0.140. The number of likely N-dealkylation sites (tertiary alicyclic amines) is 1. The number of hydrogen-bond acceptors (Lipinski definition) is 6. The van der Waals surface area contributed by atoms with Crippen molar-refractivity contribution in [3.05, 3.63) is 76.4 Å². The Morgan fingerprint density at radius 1 is 0.865 bits per heavy atom. The molecule has 0 spiro atoms. The molecule has 0 N–H and O–H groups in total. The maximum atomic E-state index is 12.9. The molecule has 0 saturated carbocycles. The minimum absolute atomic E-state index is 0.140. The van der Waals surface area contributed by atoms with Gasteiger partial charge in [0, 0.05) is 45.3 Å². The lowest BCUT2D eigenvalue weighted by Gasteiger charge is -2.37. The highest BCUT2D eigenvalue weighted by Crippen LogP contribution is 2.28. The van der Waals surface area contributed by atoms with Crippen LogP contribution in [0.25, 0.3) is 0 Å². The predicted molar refractivity (Wildman–Crippen MR) is 153 cm³/mol. The first-order chi connectivity index (χ1) is 18.0. The van der Waals surface area contributed by atoms with Crippen LogP contribution in [0.2, 0.25) is 10.2 Å². The van der Waals surface area contributed by atoms with Crippen LogP contribution < -0.4 is 9.80 Å². The van der Waals surface area contributed by atoms with Gasteiger partial charge in [0.25, 0.3) is 0 Å². The second-order valence-corrected chi connectivity index (χ2v) is 11.3. The smallest absolute Gasteiger partial charge is 0.233 e. The number of anilines is 2. The Balaban J connectivity index is 1.11. The van der Waals surface area contributed by atoms with E-state index in [4.69, 9.17) is 28.2 Å². The minimum Gasteiger partial charge on any atom is -0.367 e. The van der Waals surface area contributed by atoms with Gasteiger partial charge in [-0.1, -0.05) is 77.4 Å². The molecule has 37 heavy (non-hydrogen) atoms. The normalized spacial score (nSPS) is 16.8. The molecule has 6 nitrogen and oxygen atoms in total. The van der Waals surface area contributed by atoms with Crippen molar-refractivity contribution in [1.82, 2.24) is 14.9 Å².